The summed E-state index contributed by atoms with van der Waals surface area (Å²) in [6, 6.07) is 9.96. The van der Waals surface area contributed by atoms with Gasteiger partial charge < -0.3 is 10.2 Å². The third-order valence-electron chi connectivity index (χ3n) is 3.25. The van der Waals surface area contributed by atoms with Gasteiger partial charge >= 0.3 is 0 Å². The summed E-state index contributed by atoms with van der Waals surface area (Å²) in [6.07, 6.45) is 1.50. The molecule has 0 atom stereocenters. The molecule has 2 aromatic rings. The molecule has 0 aliphatic carbocycles. The van der Waals surface area contributed by atoms with Crippen molar-refractivity contribution in [3.8, 4) is 6.07 Å². The number of aromatic nitrogens is 1. The zero-order valence-corrected chi connectivity index (χ0v) is 13.6. The van der Waals surface area contributed by atoms with Crippen molar-refractivity contribution in [2.24, 2.45) is 5.14 Å². The van der Waals surface area contributed by atoms with E-state index in [2.05, 4.69) is 16.4 Å². The fourth-order valence-corrected chi connectivity index (χ4v) is 2.59. The van der Waals surface area contributed by atoms with E-state index in [1.165, 1.54) is 18.3 Å². The fraction of sp³-hybridized carbons (Fsp3) is 0.200. The second-order valence-corrected chi connectivity index (χ2v) is 6.39. The van der Waals surface area contributed by atoms with Crippen LogP contribution in [0.2, 0.25) is 0 Å². The lowest BCUT2D eigenvalue weighted by atomic mass is 10.2. The van der Waals surface area contributed by atoms with Crippen LogP contribution >= 0.6 is 0 Å². The zero-order chi connectivity index (χ0) is 17.0. The van der Waals surface area contributed by atoms with Crippen molar-refractivity contribution >= 4 is 27.2 Å². The number of hydrogen-bond donors (Lipinski definition) is 2. The van der Waals surface area contributed by atoms with Crippen LogP contribution in [0.3, 0.4) is 0 Å². The average molecular weight is 331 g/mol. The van der Waals surface area contributed by atoms with Crippen LogP contribution in [0, 0.1) is 11.3 Å². The molecule has 0 saturated heterocycles. The first-order chi connectivity index (χ1) is 10.9. The summed E-state index contributed by atoms with van der Waals surface area (Å²) >= 11 is 0. The third kappa shape index (κ3) is 3.77. The van der Waals surface area contributed by atoms with E-state index in [1.54, 1.807) is 18.2 Å². The lowest BCUT2D eigenvalue weighted by molar-refractivity contribution is 0.598. The van der Waals surface area contributed by atoms with Crippen molar-refractivity contribution in [3.63, 3.8) is 0 Å². The first-order valence-electron chi connectivity index (χ1n) is 6.87. The van der Waals surface area contributed by atoms with Gasteiger partial charge in [0.2, 0.25) is 10.0 Å². The van der Waals surface area contributed by atoms with Crippen LogP contribution in [0.5, 0.6) is 0 Å². The maximum atomic E-state index is 11.3. The molecule has 8 heteroatoms. The molecule has 0 unspecified atom stereocenters. The minimum absolute atomic E-state index is 0.0467. The quantitative estimate of drug-likeness (QED) is 0.864. The van der Waals surface area contributed by atoms with E-state index in [0.717, 1.165) is 5.69 Å². The van der Waals surface area contributed by atoms with Gasteiger partial charge in [0.25, 0.3) is 0 Å². The molecule has 120 valence electrons. The Balaban J connectivity index is 2.43. The minimum Gasteiger partial charge on any atom is -0.369 e. The van der Waals surface area contributed by atoms with E-state index in [1.807, 2.05) is 18.9 Å². The third-order valence-corrected chi connectivity index (χ3v) is 4.18. The number of nitrogens with zero attached hydrogens (tertiary/aromatic N) is 3. The molecule has 0 aliphatic heterocycles. The number of rotatable bonds is 5. The summed E-state index contributed by atoms with van der Waals surface area (Å²) < 4.78 is 22.6. The highest BCUT2D eigenvalue weighted by Crippen LogP contribution is 2.30. The molecule has 3 N–H and O–H groups in total. The number of primary sulfonamides is 1. The van der Waals surface area contributed by atoms with Crippen LogP contribution in [0.1, 0.15) is 12.5 Å². The smallest absolute Gasteiger partial charge is 0.238 e. The van der Waals surface area contributed by atoms with Gasteiger partial charge in [0.15, 0.2) is 0 Å². The Morgan fingerprint density at radius 1 is 1.35 bits per heavy atom. The Kier molecular flexibility index (Phi) is 4.83. The molecule has 23 heavy (non-hydrogen) atoms. The van der Waals surface area contributed by atoms with Crippen LogP contribution in [0.4, 0.5) is 17.2 Å². The second kappa shape index (κ2) is 6.64. The summed E-state index contributed by atoms with van der Waals surface area (Å²) in [5.74, 6) is 0.643. The number of anilines is 3. The summed E-state index contributed by atoms with van der Waals surface area (Å²) in [6.45, 7) is 2.63. The molecule has 0 fully saturated rings. The highest BCUT2D eigenvalue weighted by molar-refractivity contribution is 7.89. The largest absolute Gasteiger partial charge is 0.369 e. The highest BCUT2D eigenvalue weighted by atomic mass is 32.2. The summed E-state index contributed by atoms with van der Waals surface area (Å²) in [5.41, 5.74) is 1.90. The number of pyridine rings is 1. The minimum atomic E-state index is -3.72. The molecule has 0 amide bonds. The first kappa shape index (κ1) is 16.7. The van der Waals surface area contributed by atoms with Crippen LogP contribution in [0.25, 0.3) is 0 Å². The molecular weight excluding hydrogens is 314 g/mol. The van der Waals surface area contributed by atoms with Gasteiger partial charge in [0, 0.05) is 25.5 Å². The van der Waals surface area contributed by atoms with Crippen molar-refractivity contribution < 1.29 is 8.42 Å². The number of nitrogens with two attached hydrogens (primary N) is 1. The van der Waals surface area contributed by atoms with Gasteiger partial charge in [-0.05, 0) is 37.3 Å². The number of hydrogen-bond acceptors (Lipinski definition) is 6. The molecule has 0 saturated carbocycles. The Bertz CT molecular complexity index is 841. The van der Waals surface area contributed by atoms with Crippen LogP contribution < -0.4 is 15.4 Å². The molecular formula is C15H17N5O2S. The fourth-order valence-electron chi connectivity index (χ4n) is 2.07. The maximum Gasteiger partial charge on any atom is 0.238 e. The Morgan fingerprint density at radius 2 is 2.00 bits per heavy atom. The maximum absolute atomic E-state index is 11.3. The molecule has 0 radical (unpaired) electrons. The average Bonchev–Trinajstić information content (AvgIpc) is 2.54. The summed E-state index contributed by atoms with van der Waals surface area (Å²) in [4.78, 5) is 6.12. The zero-order valence-electron chi connectivity index (χ0n) is 12.8. The van der Waals surface area contributed by atoms with Crippen molar-refractivity contribution in [2.75, 3.05) is 23.8 Å². The second-order valence-electron chi connectivity index (χ2n) is 4.83. The lowest BCUT2D eigenvalue weighted by Gasteiger charge is -2.22. The van der Waals surface area contributed by atoms with Crippen LogP contribution in [-0.4, -0.2) is 27.0 Å². The van der Waals surface area contributed by atoms with Gasteiger partial charge in [-0.15, -0.1) is 0 Å². The molecule has 1 aromatic carbocycles. The van der Waals surface area contributed by atoms with Crippen molar-refractivity contribution in [2.45, 2.75) is 11.8 Å². The molecule has 1 heterocycles. The van der Waals surface area contributed by atoms with Gasteiger partial charge in [-0.2, -0.15) is 5.26 Å². The number of benzene rings is 1. The van der Waals surface area contributed by atoms with Gasteiger partial charge in [0.1, 0.15) is 11.9 Å². The van der Waals surface area contributed by atoms with Crippen molar-refractivity contribution in [1.82, 2.24) is 4.98 Å². The van der Waals surface area contributed by atoms with Crippen molar-refractivity contribution in [3.05, 3.63) is 42.1 Å². The van der Waals surface area contributed by atoms with E-state index in [9.17, 15) is 8.42 Å². The van der Waals surface area contributed by atoms with E-state index in [0.29, 0.717) is 23.6 Å². The van der Waals surface area contributed by atoms with E-state index >= 15 is 0 Å². The van der Waals surface area contributed by atoms with Gasteiger partial charge in [0.05, 0.1) is 16.1 Å². The van der Waals surface area contributed by atoms with E-state index in [4.69, 9.17) is 10.4 Å². The highest BCUT2D eigenvalue weighted by Gasteiger charge is 2.13. The Labute approximate surface area is 135 Å². The Morgan fingerprint density at radius 3 is 2.52 bits per heavy atom. The van der Waals surface area contributed by atoms with Gasteiger partial charge in [-0.25, -0.2) is 18.5 Å². The first-order valence-corrected chi connectivity index (χ1v) is 8.42. The molecule has 7 nitrogen and oxygen atoms in total. The monoisotopic (exact) mass is 331 g/mol. The van der Waals surface area contributed by atoms with Gasteiger partial charge in [-0.1, -0.05) is 0 Å². The number of nitriles is 1. The normalized spacial score (nSPS) is 10.9. The molecule has 0 spiro atoms. The molecule has 0 aliphatic rings. The van der Waals surface area contributed by atoms with Crippen molar-refractivity contribution in [1.29, 1.82) is 5.26 Å². The predicted molar refractivity (Wildman–Crippen MR) is 89.0 cm³/mol. The topological polar surface area (TPSA) is 112 Å². The Hall–Kier alpha value is -2.63. The predicted octanol–water partition coefficient (Wildman–Crippen LogP) is 1.80. The number of sulfonamides is 1. The standard InChI is InChI=1S/C15H17N5O2S/c1-3-18-15-14(8-11(9-16)10-19-15)20(2)12-4-6-13(7-5-12)23(17,21)22/h4-8,10H,3H2,1-2H3,(H,18,19)(H2,17,21,22). The van der Waals surface area contributed by atoms with Crippen LogP contribution in [-0.2, 0) is 10.0 Å². The van der Waals surface area contributed by atoms with Crippen LogP contribution in [0.15, 0.2) is 41.4 Å². The molecule has 1 aromatic heterocycles. The lowest BCUT2D eigenvalue weighted by Crippen LogP contribution is -2.15. The summed E-state index contributed by atoms with van der Waals surface area (Å²) in [7, 11) is -1.91. The molecule has 0 bridgehead atoms. The summed E-state index contributed by atoms with van der Waals surface area (Å²) in [5, 5.41) is 17.3. The van der Waals surface area contributed by atoms with Gasteiger partial charge in [-0.3, -0.25) is 0 Å². The van der Waals surface area contributed by atoms with E-state index < -0.39 is 10.0 Å². The molecule has 2 rings (SSSR count). The van der Waals surface area contributed by atoms with E-state index in [-0.39, 0.29) is 4.90 Å². The number of nitrogens with one attached hydrogen (secondary N) is 1. The SMILES string of the molecule is CCNc1ncc(C#N)cc1N(C)c1ccc(S(N)(=O)=O)cc1.